The van der Waals surface area contributed by atoms with Crippen LogP contribution in [0.15, 0.2) is 23.0 Å². The van der Waals surface area contributed by atoms with Gasteiger partial charge in [0.25, 0.3) is 0 Å². The average Bonchev–Trinajstić information content (AvgIpc) is 2.66. The zero-order valence-corrected chi connectivity index (χ0v) is 11.0. The molecule has 0 radical (unpaired) electrons. The van der Waals surface area contributed by atoms with Gasteiger partial charge in [-0.3, -0.25) is 4.57 Å². The van der Waals surface area contributed by atoms with Crippen LogP contribution in [0.5, 0.6) is 0 Å². The largest absolute Gasteiger partial charge is 0.326 e. The van der Waals surface area contributed by atoms with Crippen LogP contribution in [-0.2, 0) is 6.54 Å². The number of nitrogens with zero attached hydrogens (tertiary/aromatic N) is 2. The molecule has 3 rings (SSSR count). The van der Waals surface area contributed by atoms with Gasteiger partial charge in [-0.05, 0) is 50.6 Å². The summed E-state index contributed by atoms with van der Waals surface area (Å²) in [6.45, 7) is 2.77. The number of imidazole rings is 1. The highest BCUT2D eigenvalue weighted by Crippen LogP contribution is 2.19. The molecule has 0 spiro atoms. The van der Waals surface area contributed by atoms with Crippen LogP contribution in [0.1, 0.15) is 12.8 Å². The van der Waals surface area contributed by atoms with Crippen LogP contribution < -0.4 is 5.69 Å². The Morgan fingerprint density at radius 1 is 1.47 bits per heavy atom. The molecule has 5 heteroatoms. The lowest BCUT2D eigenvalue weighted by atomic mass is 9.98. The molecule has 1 fully saturated rings. The average molecular weight is 263 g/mol. The molecule has 1 saturated heterocycles. The molecule has 0 aliphatic carbocycles. The Morgan fingerprint density at radius 3 is 3.11 bits per heavy atom. The van der Waals surface area contributed by atoms with Gasteiger partial charge in [-0.2, -0.15) is 0 Å². The molecule has 1 aliphatic heterocycles. The summed E-state index contributed by atoms with van der Waals surface area (Å²) >= 11 is 0. The van der Waals surface area contributed by atoms with Crippen LogP contribution in [0.25, 0.3) is 11.0 Å². The summed E-state index contributed by atoms with van der Waals surface area (Å²) in [6.07, 6.45) is 2.28. The Kier molecular flexibility index (Phi) is 3.14. The molecule has 2 aromatic rings. The third kappa shape index (κ3) is 2.42. The predicted molar refractivity (Wildman–Crippen MR) is 72.7 cm³/mol. The van der Waals surface area contributed by atoms with Crippen LogP contribution in [-0.4, -0.2) is 34.6 Å². The van der Waals surface area contributed by atoms with Crippen molar-refractivity contribution >= 4 is 11.0 Å². The second-order valence-electron chi connectivity index (χ2n) is 5.47. The number of rotatable bonds is 2. The van der Waals surface area contributed by atoms with Gasteiger partial charge in [0.1, 0.15) is 5.82 Å². The Bertz CT molecular complexity index is 646. The lowest BCUT2D eigenvalue weighted by Gasteiger charge is -2.29. The zero-order valence-electron chi connectivity index (χ0n) is 11.0. The minimum absolute atomic E-state index is 0.145. The van der Waals surface area contributed by atoms with E-state index in [0.29, 0.717) is 23.5 Å². The van der Waals surface area contributed by atoms with E-state index in [1.165, 1.54) is 12.1 Å². The minimum Gasteiger partial charge on any atom is -0.306 e. The predicted octanol–water partition coefficient (Wildman–Crippen LogP) is 1.81. The molecule has 0 saturated carbocycles. The van der Waals surface area contributed by atoms with Crippen molar-refractivity contribution in [3.63, 3.8) is 0 Å². The number of piperidine rings is 1. The highest BCUT2D eigenvalue weighted by molar-refractivity contribution is 5.75. The SMILES string of the molecule is CN1CCCC(Cn2c(=O)[nH]c3ccc(F)cc32)C1. The van der Waals surface area contributed by atoms with E-state index in [-0.39, 0.29) is 11.5 Å². The molecule has 0 bridgehead atoms. The van der Waals surface area contributed by atoms with Crippen molar-refractivity contribution in [2.24, 2.45) is 5.92 Å². The maximum Gasteiger partial charge on any atom is 0.326 e. The molecular weight excluding hydrogens is 245 g/mol. The van der Waals surface area contributed by atoms with E-state index >= 15 is 0 Å². The standard InChI is InChI=1S/C14H18FN3O/c1-17-6-2-3-10(8-17)9-18-13-7-11(15)4-5-12(13)16-14(18)19/h4-5,7,10H,2-3,6,8-9H2,1H3,(H,16,19). The number of halogens is 1. The Balaban J connectivity index is 1.93. The first kappa shape index (κ1) is 12.4. The number of benzene rings is 1. The number of aromatic nitrogens is 2. The molecule has 1 aliphatic rings. The van der Waals surface area contributed by atoms with Crippen molar-refractivity contribution in [3.05, 3.63) is 34.5 Å². The molecule has 1 aromatic carbocycles. The molecule has 1 unspecified atom stereocenters. The van der Waals surface area contributed by atoms with Gasteiger partial charge in [0, 0.05) is 13.1 Å². The van der Waals surface area contributed by atoms with Crippen LogP contribution in [0.4, 0.5) is 4.39 Å². The highest BCUT2D eigenvalue weighted by Gasteiger charge is 2.19. The summed E-state index contributed by atoms with van der Waals surface area (Å²) in [7, 11) is 2.10. The quantitative estimate of drug-likeness (QED) is 0.897. The third-order valence-electron chi connectivity index (χ3n) is 3.90. The number of hydrogen-bond donors (Lipinski definition) is 1. The van der Waals surface area contributed by atoms with Crippen LogP contribution in [0.2, 0.25) is 0 Å². The zero-order chi connectivity index (χ0) is 13.4. The van der Waals surface area contributed by atoms with Gasteiger partial charge >= 0.3 is 5.69 Å². The van der Waals surface area contributed by atoms with Crippen molar-refractivity contribution in [2.45, 2.75) is 19.4 Å². The summed E-state index contributed by atoms with van der Waals surface area (Å²) in [4.78, 5) is 17.0. The van der Waals surface area contributed by atoms with E-state index in [0.717, 1.165) is 25.9 Å². The van der Waals surface area contributed by atoms with Gasteiger partial charge in [-0.1, -0.05) is 0 Å². The van der Waals surface area contributed by atoms with Crippen LogP contribution >= 0.6 is 0 Å². The smallest absolute Gasteiger partial charge is 0.306 e. The fraction of sp³-hybridized carbons (Fsp3) is 0.500. The van der Waals surface area contributed by atoms with Crippen molar-refractivity contribution < 1.29 is 4.39 Å². The second kappa shape index (κ2) is 4.81. The van der Waals surface area contributed by atoms with Gasteiger partial charge in [0.15, 0.2) is 0 Å². The van der Waals surface area contributed by atoms with Gasteiger partial charge in [-0.15, -0.1) is 0 Å². The summed E-state index contributed by atoms with van der Waals surface area (Å²) in [5.74, 6) is 0.153. The van der Waals surface area contributed by atoms with Gasteiger partial charge in [-0.25, -0.2) is 9.18 Å². The van der Waals surface area contributed by atoms with E-state index in [9.17, 15) is 9.18 Å². The van der Waals surface area contributed by atoms with Gasteiger partial charge in [0.05, 0.1) is 11.0 Å². The molecule has 2 heterocycles. The molecule has 4 nitrogen and oxygen atoms in total. The maximum atomic E-state index is 13.3. The topological polar surface area (TPSA) is 41.0 Å². The van der Waals surface area contributed by atoms with Gasteiger partial charge < -0.3 is 9.88 Å². The number of fused-ring (bicyclic) bond motifs is 1. The Hall–Kier alpha value is -1.62. The van der Waals surface area contributed by atoms with Crippen LogP contribution in [0, 0.1) is 11.7 Å². The molecule has 1 N–H and O–H groups in total. The van der Waals surface area contributed by atoms with Crippen LogP contribution in [0.3, 0.4) is 0 Å². The first-order chi connectivity index (χ1) is 9.13. The van der Waals surface area contributed by atoms with E-state index in [2.05, 4.69) is 16.9 Å². The summed E-state index contributed by atoms with van der Waals surface area (Å²) in [6, 6.07) is 4.42. The summed E-state index contributed by atoms with van der Waals surface area (Å²) in [5.41, 5.74) is 1.22. The Morgan fingerprint density at radius 2 is 2.32 bits per heavy atom. The number of aromatic amines is 1. The molecule has 1 aromatic heterocycles. The Labute approximate surface area is 110 Å². The minimum atomic E-state index is -0.305. The first-order valence-corrected chi connectivity index (χ1v) is 6.70. The first-order valence-electron chi connectivity index (χ1n) is 6.70. The lowest BCUT2D eigenvalue weighted by molar-refractivity contribution is 0.194. The molecule has 102 valence electrons. The number of likely N-dealkylation sites (tertiary alicyclic amines) is 1. The molecule has 1 atom stereocenters. The van der Waals surface area contributed by atoms with E-state index in [4.69, 9.17) is 0 Å². The third-order valence-corrected chi connectivity index (χ3v) is 3.90. The maximum absolute atomic E-state index is 13.3. The monoisotopic (exact) mass is 263 g/mol. The summed E-state index contributed by atoms with van der Waals surface area (Å²) < 4.78 is 15.0. The molecular formula is C14H18FN3O. The van der Waals surface area contributed by atoms with Crippen molar-refractivity contribution in [1.82, 2.24) is 14.5 Å². The number of hydrogen-bond acceptors (Lipinski definition) is 2. The number of nitrogens with one attached hydrogen (secondary N) is 1. The lowest BCUT2D eigenvalue weighted by Crippen LogP contribution is -2.35. The van der Waals surface area contributed by atoms with E-state index in [1.807, 2.05) is 0 Å². The fourth-order valence-electron chi connectivity index (χ4n) is 2.99. The van der Waals surface area contributed by atoms with Crippen molar-refractivity contribution in [3.8, 4) is 0 Å². The van der Waals surface area contributed by atoms with Gasteiger partial charge in [0.2, 0.25) is 0 Å². The molecule has 19 heavy (non-hydrogen) atoms. The normalized spacial score (nSPS) is 21.1. The van der Waals surface area contributed by atoms with Crippen molar-refractivity contribution in [2.75, 3.05) is 20.1 Å². The number of H-pyrrole nitrogens is 1. The van der Waals surface area contributed by atoms with Crippen molar-refractivity contribution in [1.29, 1.82) is 0 Å². The van der Waals surface area contributed by atoms with E-state index in [1.54, 1.807) is 10.6 Å². The fourth-order valence-corrected chi connectivity index (χ4v) is 2.99. The molecule has 0 amide bonds. The van der Waals surface area contributed by atoms with E-state index < -0.39 is 0 Å². The second-order valence-corrected chi connectivity index (χ2v) is 5.47. The highest BCUT2D eigenvalue weighted by atomic mass is 19.1. The summed E-state index contributed by atoms with van der Waals surface area (Å²) in [5, 5.41) is 0.